The van der Waals surface area contributed by atoms with E-state index in [4.69, 9.17) is 10.3 Å². The molecule has 3 heterocycles. The molecule has 3 aromatic rings. The number of nitrogens with zero attached hydrogens (tertiary/aromatic N) is 4. The average Bonchev–Trinajstić information content (AvgIpc) is 3.31. The van der Waals surface area contributed by atoms with E-state index in [1.54, 1.807) is 37.4 Å². The van der Waals surface area contributed by atoms with Gasteiger partial charge in [0.05, 0.1) is 16.6 Å². The third kappa shape index (κ3) is 4.06. The average molecular weight is 450 g/mol. The molecule has 160 valence electrons. The maximum atomic E-state index is 13.0. The molecule has 9 nitrogen and oxygen atoms in total. The van der Waals surface area contributed by atoms with Crippen molar-refractivity contribution in [2.45, 2.75) is 31.3 Å². The first-order chi connectivity index (χ1) is 13.8. The van der Waals surface area contributed by atoms with Gasteiger partial charge in [-0.05, 0) is 49.6 Å². The Hall–Kier alpha value is -2.47. The molecule has 30 heavy (non-hydrogen) atoms. The van der Waals surface area contributed by atoms with Gasteiger partial charge in [-0.2, -0.15) is 22.8 Å². The lowest BCUT2D eigenvalue weighted by Gasteiger charge is -2.17. The summed E-state index contributed by atoms with van der Waals surface area (Å²) in [5.74, 6) is 0.966. The molecule has 0 spiro atoms. The standard InChI is InChI=1S/C19H21N5O4S.H2S/c1-11-3-4-15(29(26,27)24-6-5-14(25)10-24)8-16(11)13-7-17(18(20)21-9-13)19-22-12(2)23-28-19;/h3-4,7-9,14,25H,5-6,10H2,1-2H3,(H2,20,21);1H2/t14-;/m0./s1. The van der Waals surface area contributed by atoms with E-state index < -0.39 is 16.1 Å². The first kappa shape index (κ1) is 22.2. The molecule has 0 aliphatic carbocycles. The summed E-state index contributed by atoms with van der Waals surface area (Å²) in [5.41, 5.74) is 8.73. The van der Waals surface area contributed by atoms with Crippen LogP contribution >= 0.6 is 13.5 Å². The van der Waals surface area contributed by atoms with Crippen LogP contribution in [0, 0.1) is 13.8 Å². The van der Waals surface area contributed by atoms with Crippen LogP contribution in [0.5, 0.6) is 0 Å². The molecular weight excluding hydrogens is 426 g/mol. The molecule has 3 N–H and O–H groups in total. The second-order valence-electron chi connectivity index (χ2n) is 7.09. The van der Waals surface area contributed by atoms with Gasteiger partial charge in [-0.25, -0.2) is 13.4 Å². The number of sulfonamides is 1. The number of nitrogens with two attached hydrogens (primary N) is 1. The maximum absolute atomic E-state index is 13.0. The van der Waals surface area contributed by atoms with E-state index in [1.807, 2.05) is 6.92 Å². The van der Waals surface area contributed by atoms with Crippen LogP contribution in [0.3, 0.4) is 0 Å². The summed E-state index contributed by atoms with van der Waals surface area (Å²) in [5, 5.41) is 13.5. The van der Waals surface area contributed by atoms with Crippen molar-refractivity contribution in [2.75, 3.05) is 18.8 Å². The molecule has 1 aliphatic rings. The molecule has 0 radical (unpaired) electrons. The Labute approximate surface area is 181 Å². The molecule has 0 bridgehead atoms. The zero-order chi connectivity index (χ0) is 20.8. The summed E-state index contributed by atoms with van der Waals surface area (Å²) < 4.78 is 32.4. The molecule has 1 aliphatic heterocycles. The SMILES string of the molecule is Cc1noc(-c2cc(-c3cc(S(=O)(=O)N4CC[C@H](O)C4)ccc3C)cnc2N)n1.S. The van der Waals surface area contributed by atoms with Gasteiger partial charge in [0.2, 0.25) is 10.0 Å². The highest BCUT2D eigenvalue weighted by Crippen LogP contribution is 2.32. The summed E-state index contributed by atoms with van der Waals surface area (Å²) in [6.07, 6.45) is 1.39. The van der Waals surface area contributed by atoms with Crippen molar-refractivity contribution in [3.8, 4) is 22.6 Å². The van der Waals surface area contributed by atoms with Gasteiger partial charge in [-0.15, -0.1) is 0 Å². The Balaban J connectivity index is 0.00000256. The molecule has 0 saturated carbocycles. The smallest absolute Gasteiger partial charge is 0.261 e. The normalized spacial score (nSPS) is 17.1. The van der Waals surface area contributed by atoms with Gasteiger partial charge >= 0.3 is 0 Å². The van der Waals surface area contributed by atoms with Gasteiger partial charge in [0.15, 0.2) is 5.82 Å². The highest BCUT2D eigenvalue weighted by molar-refractivity contribution is 7.89. The number of aromatic nitrogens is 3. The van der Waals surface area contributed by atoms with Crippen LogP contribution < -0.4 is 5.73 Å². The molecule has 4 rings (SSSR count). The first-order valence-electron chi connectivity index (χ1n) is 9.11. The van der Waals surface area contributed by atoms with Crippen LogP contribution in [0.2, 0.25) is 0 Å². The zero-order valence-corrected chi connectivity index (χ0v) is 18.3. The summed E-state index contributed by atoms with van der Waals surface area (Å²) in [6, 6.07) is 6.70. The van der Waals surface area contributed by atoms with Crippen LogP contribution in [0.4, 0.5) is 5.82 Å². The number of aliphatic hydroxyl groups excluding tert-OH is 1. The number of pyridine rings is 1. The number of anilines is 1. The van der Waals surface area contributed by atoms with Crippen LogP contribution in [0.15, 0.2) is 39.9 Å². The number of hydrogen-bond acceptors (Lipinski definition) is 8. The molecule has 11 heteroatoms. The zero-order valence-electron chi connectivity index (χ0n) is 16.5. The Morgan fingerprint density at radius 2 is 2.00 bits per heavy atom. The third-order valence-corrected chi connectivity index (χ3v) is 6.82. The lowest BCUT2D eigenvalue weighted by Crippen LogP contribution is -2.29. The fourth-order valence-electron chi connectivity index (χ4n) is 3.35. The van der Waals surface area contributed by atoms with Crippen molar-refractivity contribution in [3.63, 3.8) is 0 Å². The lowest BCUT2D eigenvalue weighted by atomic mass is 10.0. The lowest BCUT2D eigenvalue weighted by molar-refractivity contribution is 0.189. The quantitative estimate of drug-likeness (QED) is 0.616. The fraction of sp³-hybridized carbons (Fsp3) is 0.316. The Morgan fingerprint density at radius 1 is 1.23 bits per heavy atom. The molecule has 0 unspecified atom stereocenters. The molecule has 0 amide bonds. The van der Waals surface area contributed by atoms with Crippen LogP contribution in [-0.2, 0) is 10.0 Å². The van der Waals surface area contributed by atoms with E-state index in [0.29, 0.717) is 35.5 Å². The van der Waals surface area contributed by atoms with E-state index in [2.05, 4.69) is 15.1 Å². The fourth-order valence-corrected chi connectivity index (χ4v) is 4.87. The molecule has 1 fully saturated rings. The highest BCUT2D eigenvalue weighted by Gasteiger charge is 2.32. The number of nitrogen functional groups attached to an aromatic ring is 1. The van der Waals surface area contributed by atoms with Gasteiger partial charge in [0.25, 0.3) is 5.89 Å². The Kier molecular flexibility index (Phi) is 6.18. The van der Waals surface area contributed by atoms with Gasteiger partial charge in [-0.3, -0.25) is 0 Å². The molecule has 1 aromatic carbocycles. The van der Waals surface area contributed by atoms with Crippen molar-refractivity contribution in [1.82, 2.24) is 19.4 Å². The van der Waals surface area contributed by atoms with Crippen molar-refractivity contribution in [2.24, 2.45) is 0 Å². The van der Waals surface area contributed by atoms with Crippen LogP contribution in [-0.4, -0.2) is 52.1 Å². The van der Waals surface area contributed by atoms with E-state index in [-0.39, 0.29) is 36.6 Å². The van der Waals surface area contributed by atoms with E-state index in [0.717, 1.165) is 5.56 Å². The first-order valence-corrected chi connectivity index (χ1v) is 10.5. The molecule has 1 atom stereocenters. The van der Waals surface area contributed by atoms with E-state index in [9.17, 15) is 13.5 Å². The summed E-state index contributed by atoms with van der Waals surface area (Å²) in [4.78, 5) is 8.58. The van der Waals surface area contributed by atoms with Crippen molar-refractivity contribution >= 4 is 29.3 Å². The second-order valence-corrected chi connectivity index (χ2v) is 9.02. The number of rotatable bonds is 4. The van der Waals surface area contributed by atoms with Crippen molar-refractivity contribution < 1.29 is 18.0 Å². The largest absolute Gasteiger partial charge is 0.392 e. The third-order valence-electron chi connectivity index (χ3n) is 4.96. The highest BCUT2D eigenvalue weighted by atomic mass is 32.2. The predicted octanol–water partition coefficient (Wildman–Crippen LogP) is 1.87. The topological polar surface area (TPSA) is 135 Å². The summed E-state index contributed by atoms with van der Waals surface area (Å²) in [6.45, 7) is 4.00. The van der Waals surface area contributed by atoms with Gasteiger partial charge < -0.3 is 15.4 Å². The van der Waals surface area contributed by atoms with Gasteiger partial charge in [0, 0.05) is 24.8 Å². The van der Waals surface area contributed by atoms with E-state index >= 15 is 0 Å². The summed E-state index contributed by atoms with van der Waals surface area (Å²) in [7, 11) is -3.70. The van der Waals surface area contributed by atoms with Gasteiger partial charge in [0.1, 0.15) is 5.82 Å². The van der Waals surface area contributed by atoms with Crippen molar-refractivity contribution in [1.29, 1.82) is 0 Å². The van der Waals surface area contributed by atoms with Crippen LogP contribution in [0.1, 0.15) is 17.8 Å². The molecule has 2 aromatic heterocycles. The second kappa shape index (κ2) is 8.34. The number of aliphatic hydroxyl groups is 1. The van der Waals surface area contributed by atoms with Crippen molar-refractivity contribution in [3.05, 3.63) is 41.9 Å². The van der Waals surface area contributed by atoms with Crippen LogP contribution in [0.25, 0.3) is 22.6 Å². The molecular formula is C19H23N5O4S2. The Bertz CT molecular complexity index is 1180. The van der Waals surface area contributed by atoms with Gasteiger partial charge in [-0.1, -0.05) is 11.2 Å². The number of benzene rings is 1. The summed E-state index contributed by atoms with van der Waals surface area (Å²) >= 11 is 0. The minimum absolute atomic E-state index is 0. The minimum atomic E-state index is -3.70. The number of hydrogen-bond donors (Lipinski definition) is 2. The Morgan fingerprint density at radius 3 is 2.63 bits per heavy atom. The maximum Gasteiger partial charge on any atom is 0.261 e. The van der Waals surface area contributed by atoms with E-state index in [1.165, 1.54) is 4.31 Å². The predicted molar refractivity (Wildman–Crippen MR) is 117 cm³/mol. The minimum Gasteiger partial charge on any atom is -0.392 e. The number of aryl methyl sites for hydroxylation is 2. The number of β-amino-alcohol motifs (C(OH)–C–C–N with tert-alkyl or cyclic N) is 1. The molecule has 1 saturated heterocycles. The monoisotopic (exact) mass is 449 g/mol.